The van der Waals surface area contributed by atoms with Gasteiger partial charge in [-0.2, -0.15) is 0 Å². The maximum Gasteiger partial charge on any atom is 0.194 e. The Morgan fingerprint density at radius 2 is 1.71 bits per heavy atom. The first-order chi connectivity index (χ1) is 6.47. The molecule has 1 aliphatic rings. The van der Waals surface area contributed by atoms with Crippen molar-refractivity contribution in [2.45, 2.75) is 54.0 Å². The van der Waals surface area contributed by atoms with Gasteiger partial charge in [0.2, 0.25) is 0 Å². The third kappa shape index (κ3) is 5.87. The minimum absolute atomic E-state index is 0.232. The van der Waals surface area contributed by atoms with E-state index in [0.29, 0.717) is 0 Å². The molecule has 0 N–H and O–H groups in total. The van der Waals surface area contributed by atoms with E-state index >= 15 is 0 Å². The van der Waals surface area contributed by atoms with E-state index in [4.69, 9.17) is 51.1 Å². The molecule has 5 heteroatoms. The molecule has 1 atom stereocenters. The molecule has 0 heterocycles. The molecular weight excluding hydrogens is 266 g/mol. The number of halogens is 4. The zero-order chi connectivity index (χ0) is 10.6. The molecule has 1 fully saturated rings. The fraction of sp³-hybridized carbons (Fsp3) is 1.00. The van der Waals surface area contributed by atoms with Crippen LogP contribution in [0.4, 0.5) is 0 Å². The number of ether oxygens (including phenoxy) is 1. The van der Waals surface area contributed by atoms with Gasteiger partial charge in [-0.05, 0) is 12.8 Å². The molecule has 0 aromatic rings. The Bertz CT molecular complexity index is 163. The zero-order valence-electron chi connectivity index (χ0n) is 7.82. The van der Waals surface area contributed by atoms with Crippen molar-refractivity contribution in [3.63, 3.8) is 0 Å². The molecule has 1 saturated carbocycles. The van der Waals surface area contributed by atoms with Crippen LogP contribution in [0.3, 0.4) is 0 Å². The first-order valence-corrected chi connectivity index (χ1v) is 6.41. The van der Waals surface area contributed by atoms with Gasteiger partial charge in [0.25, 0.3) is 0 Å². The summed E-state index contributed by atoms with van der Waals surface area (Å²) in [5.74, 6) is 0. The molecule has 84 valence electrons. The quantitative estimate of drug-likeness (QED) is 0.683. The van der Waals surface area contributed by atoms with Crippen molar-refractivity contribution in [2.24, 2.45) is 0 Å². The van der Waals surface area contributed by atoms with Gasteiger partial charge in [-0.15, -0.1) is 0 Å². The lowest BCUT2D eigenvalue weighted by Gasteiger charge is -2.25. The molecule has 1 nitrogen and oxygen atoms in total. The minimum Gasteiger partial charge on any atom is -0.359 e. The van der Waals surface area contributed by atoms with Crippen LogP contribution in [-0.2, 0) is 4.74 Å². The standard InChI is InChI=1S/C9H14Cl4O/c10-8(6-9(11,12)13)14-7-4-2-1-3-5-7/h7-8H,1-6H2. The van der Waals surface area contributed by atoms with E-state index in [-0.39, 0.29) is 12.5 Å². The molecule has 0 radical (unpaired) electrons. The van der Waals surface area contributed by atoms with Crippen LogP contribution in [0.2, 0.25) is 0 Å². The number of rotatable bonds is 3. The first-order valence-electron chi connectivity index (χ1n) is 4.83. The van der Waals surface area contributed by atoms with Gasteiger partial charge in [-0.3, -0.25) is 0 Å². The molecule has 0 spiro atoms. The molecule has 1 aliphatic carbocycles. The summed E-state index contributed by atoms with van der Waals surface area (Å²) in [6.07, 6.45) is 6.34. The number of alkyl halides is 4. The Morgan fingerprint density at radius 3 is 2.21 bits per heavy atom. The Labute approximate surface area is 105 Å². The van der Waals surface area contributed by atoms with Crippen LogP contribution in [0.5, 0.6) is 0 Å². The van der Waals surface area contributed by atoms with Crippen LogP contribution in [0, 0.1) is 0 Å². The summed E-state index contributed by atoms with van der Waals surface area (Å²) in [5.41, 5.74) is -0.495. The van der Waals surface area contributed by atoms with Gasteiger partial charge in [0.1, 0.15) is 5.56 Å². The highest BCUT2D eigenvalue weighted by atomic mass is 35.6. The van der Waals surface area contributed by atoms with E-state index in [0.717, 1.165) is 12.8 Å². The van der Waals surface area contributed by atoms with Crippen LogP contribution >= 0.6 is 46.4 Å². The van der Waals surface area contributed by atoms with Crippen molar-refractivity contribution in [1.82, 2.24) is 0 Å². The van der Waals surface area contributed by atoms with Crippen molar-refractivity contribution < 1.29 is 4.74 Å². The maximum atomic E-state index is 5.92. The number of hydrogen-bond donors (Lipinski definition) is 0. The molecule has 1 unspecified atom stereocenters. The summed E-state index contributed by atoms with van der Waals surface area (Å²) in [7, 11) is 0. The van der Waals surface area contributed by atoms with E-state index in [1.165, 1.54) is 19.3 Å². The Morgan fingerprint density at radius 1 is 1.14 bits per heavy atom. The van der Waals surface area contributed by atoms with Crippen LogP contribution in [0.15, 0.2) is 0 Å². The predicted octanol–water partition coefficient (Wildman–Crippen LogP) is 4.66. The van der Waals surface area contributed by atoms with Crippen molar-refractivity contribution in [2.75, 3.05) is 0 Å². The molecule has 1 rings (SSSR count). The smallest absolute Gasteiger partial charge is 0.194 e. The second-order valence-electron chi connectivity index (χ2n) is 3.63. The van der Waals surface area contributed by atoms with Gasteiger partial charge < -0.3 is 4.74 Å². The molecular formula is C9H14Cl4O. The Kier molecular flexibility index (Phi) is 5.66. The lowest BCUT2D eigenvalue weighted by atomic mass is 9.98. The van der Waals surface area contributed by atoms with Crippen molar-refractivity contribution in [3.8, 4) is 0 Å². The fourth-order valence-electron chi connectivity index (χ4n) is 1.64. The van der Waals surface area contributed by atoms with E-state index < -0.39 is 9.36 Å². The number of hydrogen-bond acceptors (Lipinski definition) is 1. The second kappa shape index (κ2) is 6.00. The first kappa shape index (κ1) is 13.2. The second-order valence-corrected chi connectivity index (χ2v) is 6.63. The van der Waals surface area contributed by atoms with Crippen LogP contribution in [-0.4, -0.2) is 15.5 Å². The maximum absolute atomic E-state index is 5.92. The highest BCUT2D eigenvalue weighted by Gasteiger charge is 2.27. The van der Waals surface area contributed by atoms with E-state index in [1.54, 1.807) is 0 Å². The summed E-state index contributed by atoms with van der Waals surface area (Å²) in [5, 5.41) is 0. The fourth-order valence-corrected chi connectivity index (χ4v) is 2.67. The van der Waals surface area contributed by atoms with Crippen LogP contribution in [0.1, 0.15) is 38.5 Å². The highest BCUT2D eigenvalue weighted by molar-refractivity contribution is 6.67. The Balaban J connectivity index is 2.21. The average Bonchev–Trinajstić information content (AvgIpc) is 2.02. The lowest BCUT2D eigenvalue weighted by Crippen LogP contribution is -2.24. The molecule has 14 heavy (non-hydrogen) atoms. The predicted molar refractivity (Wildman–Crippen MR) is 62.5 cm³/mol. The monoisotopic (exact) mass is 278 g/mol. The molecule has 0 amide bonds. The van der Waals surface area contributed by atoms with Gasteiger partial charge >= 0.3 is 0 Å². The molecule has 0 bridgehead atoms. The van der Waals surface area contributed by atoms with Gasteiger partial charge in [-0.25, -0.2) is 0 Å². The van der Waals surface area contributed by atoms with Crippen molar-refractivity contribution in [1.29, 1.82) is 0 Å². The topological polar surface area (TPSA) is 9.23 Å². The minimum atomic E-state index is -1.32. The SMILES string of the molecule is ClC(CC(Cl)(Cl)Cl)OC1CCCCC1. The molecule has 0 saturated heterocycles. The van der Waals surface area contributed by atoms with Gasteiger partial charge in [0, 0.05) is 6.42 Å². The van der Waals surface area contributed by atoms with E-state index in [1.807, 2.05) is 0 Å². The van der Waals surface area contributed by atoms with Gasteiger partial charge in [-0.1, -0.05) is 65.7 Å². The third-order valence-corrected chi connectivity index (χ3v) is 3.00. The molecule has 0 aliphatic heterocycles. The highest BCUT2D eigenvalue weighted by Crippen LogP contribution is 2.34. The lowest BCUT2D eigenvalue weighted by molar-refractivity contribution is 0.00612. The van der Waals surface area contributed by atoms with E-state index in [9.17, 15) is 0 Å². The summed E-state index contributed by atoms with van der Waals surface area (Å²) in [6.45, 7) is 0. The van der Waals surface area contributed by atoms with Crippen LogP contribution in [0.25, 0.3) is 0 Å². The van der Waals surface area contributed by atoms with E-state index in [2.05, 4.69) is 0 Å². The van der Waals surface area contributed by atoms with Gasteiger partial charge in [0.15, 0.2) is 3.79 Å². The average molecular weight is 280 g/mol. The van der Waals surface area contributed by atoms with Crippen molar-refractivity contribution in [3.05, 3.63) is 0 Å². The largest absolute Gasteiger partial charge is 0.359 e. The summed E-state index contributed by atoms with van der Waals surface area (Å²) >= 11 is 22.8. The summed E-state index contributed by atoms with van der Waals surface area (Å²) in [6, 6.07) is 0. The normalized spacial score (nSPS) is 22.3. The molecule has 0 aromatic carbocycles. The molecule has 0 aromatic heterocycles. The summed E-state index contributed by atoms with van der Waals surface area (Å²) < 4.78 is 4.26. The Hall–Kier alpha value is 1.12. The van der Waals surface area contributed by atoms with Crippen molar-refractivity contribution >= 4 is 46.4 Å². The third-order valence-electron chi connectivity index (χ3n) is 2.28. The zero-order valence-corrected chi connectivity index (χ0v) is 10.8. The summed E-state index contributed by atoms with van der Waals surface area (Å²) in [4.78, 5) is 0. The van der Waals surface area contributed by atoms with Crippen LogP contribution < -0.4 is 0 Å². The van der Waals surface area contributed by atoms with Gasteiger partial charge in [0.05, 0.1) is 6.10 Å².